The molecule has 2 aromatic rings. The monoisotopic (exact) mass is 537 g/mol. The van der Waals surface area contributed by atoms with E-state index in [9.17, 15) is 33.0 Å². The van der Waals surface area contributed by atoms with Crippen LogP contribution in [0.2, 0.25) is 0 Å². The molecule has 186 valence electrons. The highest BCUT2D eigenvalue weighted by Crippen LogP contribution is 2.66. The molecule has 3 heterocycles. The fourth-order valence-electron chi connectivity index (χ4n) is 3.01. The van der Waals surface area contributed by atoms with Gasteiger partial charge >= 0.3 is 23.5 Å². The number of hydrogen-bond donors (Lipinski definition) is 7. The summed E-state index contributed by atoms with van der Waals surface area (Å²) in [5, 5.41) is 10.4. The van der Waals surface area contributed by atoms with E-state index in [1.807, 2.05) is 0 Å². The van der Waals surface area contributed by atoms with Crippen molar-refractivity contribution in [2.24, 2.45) is 5.73 Å². The van der Waals surface area contributed by atoms with Crippen LogP contribution in [-0.4, -0.2) is 70.2 Å². The molecule has 3 rings (SSSR count). The largest absolute Gasteiger partial charge is 0.490 e. The van der Waals surface area contributed by atoms with Crippen LogP contribution in [0.5, 0.6) is 0 Å². The Kier molecular flexibility index (Phi) is 7.17. The minimum absolute atomic E-state index is 0.0931. The second-order valence-corrected chi connectivity index (χ2v) is 11.2. The summed E-state index contributed by atoms with van der Waals surface area (Å²) < 4.78 is 67.3. The maximum absolute atomic E-state index is 15.0. The van der Waals surface area contributed by atoms with E-state index in [-0.39, 0.29) is 16.9 Å². The molecule has 1 aliphatic heterocycles. The molecule has 0 bridgehead atoms. The van der Waals surface area contributed by atoms with Crippen molar-refractivity contribution in [3.63, 3.8) is 0 Å². The van der Waals surface area contributed by atoms with E-state index in [0.717, 1.165) is 10.9 Å². The second-order valence-electron chi connectivity index (χ2n) is 6.76. The Morgan fingerprint density at radius 2 is 1.85 bits per heavy atom. The summed E-state index contributed by atoms with van der Waals surface area (Å²) in [5.41, 5.74) is 9.71. The predicted molar refractivity (Wildman–Crippen MR) is 105 cm³/mol. The molecule has 21 heteroatoms. The number of nitrogen functional groups attached to an aromatic ring is 1. The minimum atomic E-state index is -5.78. The average molecular weight is 537 g/mol. The summed E-state index contributed by atoms with van der Waals surface area (Å²) >= 11 is 0. The molecule has 17 nitrogen and oxygen atoms in total. The number of phosphoric acid groups is 3. The maximum Gasteiger partial charge on any atom is 0.490 e. The van der Waals surface area contributed by atoms with Crippen LogP contribution in [0, 0.1) is 0 Å². The number of nitrogens with zero attached hydrogens (tertiary/aromatic N) is 3. The number of aromatic nitrogens is 3. The van der Waals surface area contributed by atoms with Crippen molar-refractivity contribution >= 4 is 40.3 Å². The molecule has 2 unspecified atom stereocenters. The molecule has 0 radical (unpaired) electrons. The van der Waals surface area contributed by atoms with Crippen molar-refractivity contribution in [3.8, 4) is 0 Å². The quantitative estimate of drug-likeness (QED) is 0.194. The van der Waals surface area contributed by atoms with Gasteiger partial charge in [-0.05, 0) is 6.07 Å². The van der Waals surface area contributed by atoms with E-state index in [4.69, 9.17) is 26.0 Å². The summed E-state index contributed by atoms with van der Waals surface area (Å²) in [6.45, 7) is -1.84. The third-order valence-corrected chi connectivity index (χ3v) is 8.25. The number of anilines is 1. The van der Waals surface area contributed by atoms with Crippen LogP contribution in [0.3, 0.4) is 0 Å². The number of halogens is 1. The zero-order valence-corrected chi connectivity index (χ0v) is 18.9. The highest BCUT2D eigenvalue weighted by atomic mass is 31.3. The average Bonchev–Trinajstić information content (AvgIpc) is 3.19. The number of nitrogens with two attached hydrogens (primary N) is 2. The number of imidazole rings is 1. The first-order valence-corrected chi connectivity index (χ1v) is 13.2. The summed E-state index contributed by atoms with van der Waals surface area (Å²) in [6.07, 6.45) is -3.36. The third-order valence-electron chi connectivity index (χ3n) is 4.47. The molecule has 0 aromatic carbocycles. The van der Waals surface area contributed by atoms with E-state index in [2.05, 4.69) is 23.1 Å². The molecule has 1 saturated heterocycles. The van der Waals surface area contributed by atoms with E-state index in [1.165, 1.54) is 12.3 Å². The topological polar surface area (TPSA) is 272 Å². The SMILES string of the molecule is NC[C@]1(COP(=O)(O)OP(=O)(O)OP(=O)(O)O)O[C@@H](n2cnc3c(N)ccnc32)[C@H](F)[C@@H]1O. The van der Waals surface area contributed by atoms with E-state index >= 15 is 0 Å². The van der Waals surface area contributed by atoms with Gasteiger partial charge in [0.05, 0.1) is 18.6 Å². The second kappa shape index (κ2) is 9.02. The van der Waals surface area contributed by atoms with Gasteiger partial charge in [0.15, 0.2) is 18.0 Å². The van der Waals surface area contributed by atoms with E-state index in [1.54, 1.807) is 0 Å². The van der Waals surface area contributed by atoms with Crippen LogP contribution < -0.4 is 11.5 Å². The van der Waals surface area contributed by atoms with Crippen molar-refractivity contribution < 1.29 is 60.6 Å². The van der Waals surface area contributed by atoms with Crippen molar-refractivity contribution in [2.45, 2.75) is 24.1 Å². The number of ether oxygens (including phenoxy) is 1. The Hall–Kier alpha value is -1.36. The van der Waals surface area contributed by atoms with E-state index in [0.29, 0.717) is 0 Å². The molecule has 1 fully saturated rings. The molecule has 0 spiro atoms. The number of aliphatic hydroxyl groups excluding tert-OH is 1. The van der Waals surface area contributed by atoms with Gasteiger partial charge in [0.25, 0.3) is 0 Å². The van der Waals surface area contributed by atoms with Crippen molar-refractivity contribution in [2.75, 3.05) is 18.9 Å². The third kappa shape index (κ3) is 5.66. The Bertz CT molecular complexity index is 1180. The highest BCUT2D eigenvalue weighted by Gasteiger charge is 2.57. The molecular formula is C12H19FN5O12P3. The van der Waals surface area contributed by atoms with Crippen LogP contribution in [0.15, 0.2) is 18.6 Å². The van der Waals surface area contributed by atoms with E-state index < -0.39 is 60.7 Å². The molecular weight excluding hydrogens is 518 g/mol. The molecule has 0 amide bonds. The Morgan fingerprint density at radius 3 is 2.45 bits per heavy atom. The van der Waals surface area contributed by atoms with Crippen molar-refractivity contribution in [3.05, 3.63) is 18.6 Å². The lowest BCUT2D eigenvalue weighted by Crippen LogP contribution is -2.51. The minimum Gasteiger partial charge on any atom is -0.397 e. The zero-order chi connectivity index (χ0) is 24.8. The lowest BCUT2D eigenvalue weighted by molar-refractivity contribution is -0.118. The number of rotatable bonds is 9. The normalized spacial score (nSPS) is 29.7. The first-order valence-electron chi connectivity index (χ1n) is 8.65. The number of hydrogen-bond acceptors (Lipinski definition) is 12. The van der Waals surface area contributed by atoms with Crippen molar-refractivity contribution in [1.82, 2.24) is 14.5 Å². The Morgan fingerprint density at radius 1 is 1.18 bits per heavy atom. The summed E-state index contributed by atoms with van der Waals surface area (Å²) in [4.78, 5) is 43.9. The van der Waals surface area contributed by atoms with Crippen LogP contribution in [0.4, 0.5) is 10.1 Å². The van der Waals surface area contributed by atoms with Crippen molar-refractivity contribution in [1.29, 1.82) is 0 Å². The van der Waals surface area contributed by atoms with Gasteiger partial charge in [-0.2, -0.15) is 8.62 Å². The summed E-state index contributed by atoms with van der Waals surface area (Å²) in [6, 6.07) is 1.45. The number of phosphoric ester groups is 1. The van der Waals surface area contributed by atoms with Crippen LogP contribution in [0.25, 0.3) is 11.2 Å². The number of pyridine rings is 1. The standard InChI is InChI=1S/C12H19FN5O12P3/c13-7-9(19)12(3-14,4-27-32(23,24)30-33(25,26)29-31(20,21)22)28-11(7)18-5-17-8-6(15)1-2-16-10(8)18/h1-2,5,7,9,11,19H,3-4,14H2,(H2,15,16)(H,23,24)(H,25,26)(H2,20,21,22)/t7-,9+,11-,12-/m1/s1. The number of fused-ring (bicyclic) bond motifs is 1. The lowest BCUT2D eigenvalue weighted by Gasteiger charge is -2.30. The molecule has 1 aliphatic rings. The van der Waals surface area contributed by atoms with Gasteiger partial charge in [-0.1, -0.05) is 0 Å². The van der Waals surface area contributed by atoms with Crippen LogP contribution >= 0.6 is 23.5 Å². The van der Waals surface area contributed by atoms with Gasteiger partial charge in [-0.3, -0.25) is 9.09 Å². The van der Waals surface area contributed by atoms with Crippen LogP contribution in [-0.2, 0) is 31.6 Å². The number of alkyl halides is 1. The first-order chi connectivity index (χ1) is 15.1. The first kappa shape index (κ1) is 26.2. The molecule has 33 heavy (non-hydrogen) atoms. The molecule has 2 aromatic heterocycles. The smallest absolute Gasteiger partial charge is 0.397 e. The van der Waals surface area contributed by atoms with Crippen LogP contribution in [0.1, 0.15) is 6.23 Å². The maximum atomic E-state index is 15.0. The van der Waals surface area contributed by atoms with Gasteiger partial charge in [-0.15, -0.1) is 0 Å². The number of aliphatic hydroxyl groups is 1. The summed E-state index contributed by atoms with van der Waals surface area (Å²) in [7, 11) is -17.0. The van der Waals surface area contributed by atoms with Gasteiger partial charge in [0, 0.05) is 12.7 Å². The predicted octanol–water partition coefficient (Wildman–Crippen LogP) is -0.718. The molecule has 6 atom stereocenters. The fourth-order valence-corrected chi connectivity index (χ4v) is 6.09. The molecule has 9 N–H and O–H groups in total. The van der Waals surface area contributed by atoms with Gasteiger partial charge < -0.3 is 40.9 Å². The van der Waals surface area contributed by atoms with Gasteiger partial charge in [0.2, 0.25) is 0 Å². The lowest BCUT2D eigenvalue weighted by atomic mass is 9.97. The Balaban J connectivity index is 1.80. The molecule has 0 aliphatic carbocycles. The van der Waals surface area contributed by atoms with Gasteiger partial charge in [0.1, 0.15) is 17.2 Å². The molecule has 0 saturated carbocycles. The fraction of sp³-hybridized carbons (Fsp3) is 0.500. The zero-order valence-electron chi connectivity index (χ0n) is 16.2. The summed E-state index contributed by atoms with van der Waals surface area (Å²) in [5.74, 6) is 0. The Labute approximate surface area is 183 Å². The highest BCUT2D eigenvalue weighted by molar-refractivity contribution is 7.66. The van der Waals surface area contributed by atoms with Gasteiger partial charge in [-0.25, -0.2) is 28.1 Å².